The minimum Gasteiger partial charge on any atom is -0.381 e. The van der Waals surface area contributed by atoms with Crippen molar-refractivity contribution in [2.45, 2.75) is 52.0 Å². The third-order valence-corrected chi connectivity index (χ3v) is 4.17. The molecule has 2 rings (SSSR count). The van der Waals surface area contributed by atoms with Gasteiger partial charge in [-0.3, -0.25) is 0 Å². The van der Waals surface area contributed by atoms with E-state index in [-0.39, 0.29) is 0 Å². The minimum atomic E-state index is 0.382. The van der Waals surface area contributed by atoms with E-state index >= 15 is 0 Å². The molecule has 1 unspecified atom stereocenters. The Morgan fingerprint density at radius 3 is 2.44 bits per heavy atom. The summed E-state index contributed by atoms with van der Waals surface area (Å²) < 4.78 is 5.70. The Kier molecular flexibility index (Phi) is 5.46. The van der Waals surface area contributed by atoms with E-state index in [0.29, 0.717) is 5.41 Å². The van der Waals surface area contributed by atoms with Gasteiger partial charge in [0.2, 0.25) is 0 Å². The van der Waals surface area contributed by atoms with Crippen molar-refractivity contribution in [3.8, 4) is 0 Å². The first-order chi connectivity index (χ1) is 8.78. The molecule has 3 nitrogen and oxygen atoms in total. The Morgan fingerprint density at radius 1 is 1.22 bits per heavy atom. The third kappa shape index (κ3) is 4.22. The van der Waals surface area contributed by atoms with Crippen LogP contribution in [0.3, 0.4) is 0 Å². The summed E-state index contributed by atoms with van der Waals surface area (Å²) in [5.41, 5.74) is 0.382. The predicted molar refractivity (Wildman–Crippen MR) is 75.9 cm³/mol. The van der Waals surface area contributed by atoms with Crippen molar-refractivity contribution in [2.24, 2.45) is 5.41 Å². The van der Waals surface area contributed by atoms with Crippen molar-refractivity contribution in [2.75, 3.05) is 39.4 Å². The summed E-state index contributed by atoms with van der Waals surface area (Å²) >= 11 is 0. The quantitative estimate of drug-likeness (QED) is 0.683. The van der Waals surface area contributed by atoms with Crippen molar-refractivity contribution in [1.29, 1.82) is 0 Å². The molecule has 0 bridgehead atoms. The molecule has 0 amide bonds. The van der Waals surface area contributed by atoms with E-state index in [0.717, 1.165) is 25.8 Å². The number of ether oxygens (including phenoxy) is 1. The molecule has 106 valence electrons. The van der Waals surface area contributed by atoms with Crippen LogP contribution in [0.1, 0.15) is 46.0 Å². The maximum absolute atomic E-state index is 5.70. The van der Waals surface area contributed by atoms with E-state index in [4.69, 9.17) is 4.74 Å². The lowest BCUT2D eigenvalue weighted by atomic mass is 9.86. The lowest BCUT2D eigenvalue weighted by Gasteiger charge is -2.34. The van der Waals surface area contributed by atoms with Gasteiger partial charge in [0.1, 0.15) is 0 Å². The maximum Gasteiger partial charge on any atom is 0.0547 e. The number of hydrogen-bond donors (Lipinski definition) is 1. The summed E-state index contributed by atoms with van der Waals surface area (Å²) in [6, 6.07) is 0.813. The molecule has 1 aliphatic carbocycles. The molecule has 1 aliphatic heterocycles. The highest BCUT2D eigenvalue weighted by atomic mass is 16.5. The molecule has 1 saturated carbocycles. The first-order valence-electron chi connectivity index (χ1n) is 7.81. The number of nitrogens with zero attached hydrogens (tertiary/aromatic N) is 1. The van der Waals surface area contributed by atoms with E-state index < -0.39 is 0 Å². The second kappa shape index (κ2) is 6.88. The Labute approximate surface area is 112 Å². The van der Waals surface area contributed by atoms with Gasteiger partial charge in [0.05, 0.1) is 6.61 Å². The van der Waals surface area contributed by atoms with Gasteiger partial charge >= 0.3 is 0 Å². The van der Waals surface area contributed by atoms with Crippen molar-refractivity contribution >= 4 is 0 Å². The van der Waals surface area contributed by atoms with Gasteiger partial charge in [0, 0.05) is 31.2 Å². The summed E-state index contributed by atoms with van der Waals surface area (Å²) in [5.74, 6) is 0. The average molecular weight is 254 g/mol. The average Bonchev–Trinajstić information content (AvgIpc) is 3.08. The van der Waals surface area contributed by atoms with Gasteiger partial charge < -0.3 is 15.0 Å². The van der Waals surface area contributed by atoms with Crippen LogP contribution in [-0.4, -0.2) is 50.3 Å². The van der Waals surface area contributed by atoms with Crippen molar-refractivity contribution in [1.82, 2.24) is 10.2 Å². The van der Waals surface area contributed by atoms with Crippen LogP contribution in [-0.2, 0) is 4.74 Å². The Morgan fingerprint density at radius 2 is 1.94 bits per heavy atom. The highest BCUT2D eigenvalue weighted by molar-refractivity contribution is 4.92. The molecule has 18 heavy (non-hydrogen) atoms. The van der Waals surface area contributed by atoms with Crippen LogP contribution in [0.4, 0.5) is 0 Å². The SMILES string of the molecule is CCCN(CCC)CC1(CNC2CC2)CCOC1. The molecule has 0 aromatic rings. The van der Waals surface area contributed by atoms with Gasteiger partial charge in [0.25, 0.3) is 0 Å². The van der Waals surface area contributed by atoms with E-state index in [1.807, 2.05) is 0 Å². The molecule has 0 aromatic heterocycles. The van der Waals surface area contributed by atoms with Crippen molar-refractivity contribution < 1.29 is 4.74 Å². The fraction of sp³-hybridized carbons (Fsp3) is 1.00. The topological polar surface area (TPSA) is 24.5 Å². The van der Waals surface area contributed by atoms with Crippen LogP contribution in [0.2, 0.25) is 0 Å². The summed E-state index contributed by atoms with van der Waals surface area (Å²) in [6.07, 6.45) is 6.51. The van der Waals surface area contributed by atoms with Gasteiger partial charge in [-0.15, -0.1) is 0 Å². The fourth-order valence-electron chi connectivity index (χ4n) is 2.99. The zero-order valence-corrected chi connectivity index (χ0v) is 12.2. The minimum absolute atomic E-state index is 0.382. The van der Waals surface area contributed by atoms with Crippen LogP contribution in [0.5, 0.6) is 0 Å². The van der Waals surface area contributed by atoms with Crippen LogP contribution < -0.4 is 5.32 Å². The Hall–Kier alpha value is -0.120. The third-order valence-electron chi connectivity index (χ3n) is 4.17. The monoisotopic (exact) mass is 254 g/mol. The summed E-state index contributed by atoms with van der Waals surface area (Å²) in [6.45, 7) is 11.3. The first kappa shape index (κ1) is 14.3. The standard InChI is InChI=1S/C15H30N2O/c1-3-8-17(9-4-2)12-15(7-10-18-13-15)11-16-14-5-6-14/h14,16H,3-13H2,1-2H3. The van der Waals surface area contributed by atoms with Crippen LogP contribution >= 0.6 is 0 Å². The molecule has 1 saturated heterocycles. The second-order valence-corrected chi connectivity index (χ2v) is 6.23. The van der Waals surface area contributed by atoms with Crippen molar-refractivity contribution in [3.05, 3.63) is 0 Å². The van der Waals surface area contributed by atoms with E-state index in [9.17, 15) is 0 Å². The van der Waals surface area contributed by atoms with E-state index in [1.54, 1.807) is 0 Å². The summed E-state index contributed by atoms with van der Waals surface area (Å²) in [7, 11) is 0. The van der Waals surface area contributed by atoms with Gasteiger partial charge in [-0.05, 0) is 45.2 Å². The number of hydrogen-bond acceptors (Lipinski definition) is 3. The molecule has 0 spiro atoms. The van der Waals surface area contributed by atoms with Gasteiger partial charge in [-0.2, -0.15) is 0 Å². The lowest BCUT2D eigenvalue weighted by Crippen LogP contribution is -2.45. The first-order valence-corrected chi connectivity index (χ1v) is 7.81. The fourth-order valence-corrected chi connectivity index (χ4v) is 2.99. The second-order valence-electron chi connectivity index (χ2n) is 6.23. The van der Waals surface area contributed by atoms with Gasteiger partial charge in [-0.1, -0.05) is 13.8 Å². The zero-order valence-electron chi connectivity index (χ0n) is 12.2. The smallest absolute Gasteiger partial charge is 0.0547 e. The van der Waals surface area contributed by atoms with Gasteiger partial charge in [-0.25, -0.2) is 0 Å². The predicted octanol–water partition coefficient (Wildman–Crippen LogP) is 2.27. The lowest BCUT2D eigenvalue weighted by molar-refractivity contribution is 0.107. The molecule has 1 heterocycles. The molecule has 0 aromatic carbocycles. The van der Waals surface area contributed by atoms with Crippen LogP contribution in [0, 0.1) is 5.41 Å². The normalized spacial score (nSPS) is 28.2. The molecule has 1 atom stereocenters. The van der Waals surface area contributed by atoms with Crippen LogP contribution in [0.25, 0.3) is 0 Å². The highest BCUT2D eigenvalue weighted by Crippen LogP contribution is 2.31. The molecule has 0 radical (unpaired) electrons. The zero-order chi connectivity index (χ0) is 12.8. The molecular formula is C15H30N2O. The van der Waals surface area contributed by atoms with Crippen molar-refractivity contribution in [3.63, 3.8) is 0 Å². The number of rotatable bonds is 9. The highest BCUT2D eigenvalue weighted by Gasteiger charge is 2.37. The molecular weight excluding hydrogens is 224 g/mol. The van der Waals surface area contributed by atoms with Gasteiger partial charge in [0.15, 0.2) is 0 Å². The summed E-state index contributed by atoms with van der Waals surface area (Å²) in [4.78, 5) is 2.64. The maximum atomic E-state index is 5.70. The largest absolute Gasteiger partial charge is 0.381 e. The summed E-state index contributed by atoms with van der Waals surface area (Å²) in [5, 5.41) is 3.72. The van der Waals surface area contributed by atoms with Crippen LogP contribution in [0.15, 0.2) is 0 Å². The van der Waals surface area contributed by atoms with E-state index in [2.05, 4.69) is 24.1 Å². The van der Waals surface area contributed by atoms with E-state index in [1.165, 1.54) is 51.7 Å². The molecule has 2 aliphatic rings. The number of nitrogens with one attached hydrogen (secondary N) is 1. The molecule has 1 N–H and O–H groups in total. The Balaban J connectivity index is 1.85. The molecule has 2 fully saturated rings. The Bertz CT molecular complexity index is 229. The molecule has 3 heteroatoms.